The Morgan fingerprint density at radius 3 is 2.50 bits per heavy atom. The van der Waals surface area contributed by atoms with Gasteiger partial charge in [0.25, 0.3) is 11.8 Å². The number of hydrogen-bond donors (Lipinski definition) is 1. The van der Waals surface area contributed by atoms with E-state index in [0.29, 0.717) is 24.4 Å². The van der Waals surface area contributed by atoms with E-state index in [1.165, 1.54) is 5.56 Å². The number of nitrogens with one attached hydrogen (secondary N) is 1. The fourth-order valence-electron chi connectivity index (χ4n) is 3.25. The summed E-state index contributed by atoms with van der Waals surface area (Å²) in [6.07, 6.45) is 1.48. The van der Waals surface area contributed by atoms with Gasteiger partial charge >= 0.3 is 0 Å². The number of ether oxygens (including phenoxy) is 1. The summed E-state index contributed by atoms with van der Waals surface area (Å²) in [5, 5.41) is 3.01. The highest BCUT2D eigenvalue weighted by molar-refractivity contribution is 9.10. The second-order valence-electron chi connectivity index (χ2n) is 7.15. The molecule has 0 spiro atoms. The topological polar surface area (TPSA) is 58.6 Å². The molecule has 1 aliphatic heterocycles. The van der Waals surface area contributed by atoms with E-state index >= 15 is 0 Å². The van der Waals surface area contributed by atoms with Crippen molar-refractivity contribution in [3.63, 3.8) is 0 Å². The lowest BCUT2D eigenvalue weighted by Crippen LogP contribution is -2.47. The second kappa shape index (κ2) is 9.24. The normalized spacial score (nSPS) is 14.6. The van der Waals surface area contributed by atoms with Gasteiger partial charge in [-0.15, -0.1) is 0 Å². The van der Waals surface area contributed by atoms with E-state index < -0.39 is 0 Å². The lowest BCUT2D eigenvalue weighted by atomic mass is 10.0. The van der Waals surface area contributed by atoms with Crippen molar-refractivity contribution in [3.8, 4) is 5.75 Å². The fraction of sp³-hybridized carbons (Fsp3) is 0.364. The van der Waals surface area contributed by atoms with E-state index in [-0.39, 0.29) is 24.5 Å². The molecule has 6 heteroatoms. The smallest absolute Gasteiger partial charge is 0.258 e. The molecule has 1 heterocycles. The molecule has 1 saturated heterocycles. The van der Waals surface area contributed by atoms with Crippen LogP contribution in [0.4, 0.5) is 0 Å². The van der Waals surface area contributed by atoms with Gasteiger partial charge in [0.1, 0.15) is 5.75 Å². The molecule has 0 aromatic heterocycles. The Balaban J connectivity index is 1.45. The molecule has 0 unspecified atom stereocenters. The van der Waals surface area contributed by atoms with E-state index in [2.05, 4.69) is 21.2 Å². The molecule has 0 bridgehead atoms. The third kappa shape index (κ3) is 5.13. The predicted molar refractivity (Wildman–Crippen MR) is 113 cm³/mol. The molecular weight excluding hydrogens is 420 g/mol. The Hall–Kier alpha value is -2.34. The number of likely N-dealkylation sites (tertiary alicyclic amines) is 1. The lowest BCUT2D eigenvalue weighted by Gasteiger charge is -2.32. The Kier molecular flexibility index (Phi) is 6.73. The molecule has 0 aliphatic carbocycles. The monoisotopic (exact) mass is 444 g/mol. The first-order valence-electron chi connectivity index (χ1n) is 9.47. The Labute approximate surface area is 174 Å². The highest BCUT2D eigenvalue weighted by Crippen LogP contribution is 2.20. The molecule has 2 amide bonds. The predicted octanol–water partition coefficient (Wildman–Crippen LogP) is 3.87. The van der Waals surface area contributed by atoms with Crippen LogP contribution >= 0.6 is 15.9 Å². The summed E-state index contributed by atoms with van der Waals surface area (Å²) in [5.74, 6) is 0.594. The molecular formula is C22H25BrN2O3. The molecule has 148 valence electrons. The number of benzene rings is 2. The zero-order chi connectivity index (χ0) is 20.1. The third-order valence-corrected chi connectivity index (χ3v) is 5.79. The number of halogens is 1. The number of carbonyl (C=O) groups excluding carboxylic acids is 2. The maximum atomic E-state index is 12.6. The summed E-state index contributed by atoms with van der Waals surface area (Å²) < 4.78 is 6.40. The SMILES string of the molecule is Cc1ccc(OCC(=O)NC2CCN(C(=O)c3ccccc3Br)CC2)cc1C. The Morgan fingerprint density at radius 1 is 1.11 bits per heavy atom. The Morgan fingerprint density at radius 2 is 1.82 bits per heavy atom. The van der Waals surface area contributed by atoms with E-state index in [4.69, 9.17) is 4.74 Å². The van der Waals surface area contributed by atoms with Gasteiger partial charge in [-0.25, -0.2) is 0 Å². The van der Waals surface area contributed by atoms with Gasteiger partial charge in [-0.05, 0) is 78.0 Å². The van der Waals surface area contributed by atoms with E-state index in [0.717, 1.165) is 22.9 Å². The van der Waals surface area contributed by atoms with Gasteiger partial charge in [-0.1, -0.05) is 18.2 Å². The van der Waals surface area contributed by atoms with Crippen LogP contribution in [-0.4, -0.2) is 42.5 Å². The van der Waals surface area contributed by atoms with Crippen LogP contribution in [0.25, 0.3) is 0 Å². The van der Waals surface area contributed by atoms with Crippen LogP contribution < -0.4 is 10.1 Å². The van der Waals surface area contributed by atoms with Gasteiger partial charge in [0, 0.05) is 23.6 Å². The van der Waals surface area contributed by atoms with Gasteiger partial charge in [-0.3, -0.25) is 9.59 Å². The van der Waals surface area contributed by atoms with Crippen LogP contribution in [0.3, 0.4) is 0 Å². The highest BCUT2D eigenvalue weighted by Gasteiger charge is 2.25. The summed E-state index contributed by atoms with van der Waals surface area (Å²) in [7, 11) is 0. The zero-order valence-electron chi connectivity index (χ0n) is 16.2. The van der Waals surface area contributed by atoms with Crippen LogP contribution in [0, 0.1) is 13.8 Å². The molecule has 5 nitrogen and oxygen atoms in total. The van der Waals surface area contributed by atoms with Gasteiger partial charge in [0.2, 0.25) is 0 Å². The standard InChI is InChI=1S/C22H25BrN2O3/c1-15-7-8-18(13-16(15)2)28-14-21(26)24-17-9-11-25(12-10-17)22(27)19-5-3-4-6-20(19)23/h3-8,13,17H,9-12,14H2,1-2H3,(H,24,26). The highest BCUT2D eigenvalue weighted by atomic mass is 79.9. The summed E-state index contributed by atoms with van der Waals surface area (Å²) in [5.41, 5.74) is 3.01. The van der Waals surface area contributed by atoms with Crippen molar-refractivity contribution >= 4 is 27.7 Å². The van der Waals surface area contributed by atoms with Crippen molar-refractivity contribution in [2.45, 2.75) is 32.7 Å². The fourth-order valence-corrected chi connectivity index (χ4v) is 3.71. The van der Waals surface area contributed by atoms with Crippen molar-refractivity contribution in [1.82, 2.24) is 10.2 Å². The lowest BCUT2D eigenvalue weighted by molar-refractivity contribution is -0.124. The molecule has 28 heavy (non-hydrogen) atoms. The number of aryl methyl sites for hydroxylation is 2. The average Bonchev–Trinajstić information content (AvgIpc) is 2.69. The Bertz CT molecular complexity index is 861. The summed E-state index contributed by atoms with van der Waals surface area (Å²) in [4.78, 5) is 26.7. The first kappa shape index (κ1) is 20.4. The maximum absolute atomic E-state index is 12.6. The number of amides is 2. The number of hydrogen-bond acceptors (Lipinski definition) is 3. The summed E-state index contributed by atoms with van der Waals surface area (Å²) >= 11 is 3.43. The van der Waals surface area contributed by atoms with Gasteiger partial charge in [0.05, 0.1) is 5.56 Å². The number of nitrogens with zero attached hydrogens (tertiary/aromatic N) is 1. The molecule has 1 fully saturated rings. The maximum Gasteiger partial charge on any atom is 0.258 e. The molecule has 0 radical (unpaired) electrons. The van der Waals surface area contributed by atoms with Crippen molar-refractivity contribution < 1.29 is 14.3 Å². The molecule has 0 saturated carbocycles. The van der Waals surface area contributed by atoms with Crippen LogP contribution in [0.15, 0.2) is 46.9 Å². The molecule has 2 aromatic rings. The van der Waals surface area contributed by atoms with Gasteiger partial charge in [-0.2, -0.15) is 0 Å². The van der Waals surface area contributed by atoms with Crippen molar-refractivity contribution in [2.75, 3.05) is 19.7 Å². The first-order chi connectivity index (χ1) is 13.4. The van der Waals surface area contributed by atoms with Gasteiger partial charge < -0.3 is 15.0 Å². The second-order valence-corrected chi connectivity index (χ2v) is 8.00. The molecule has 2 aromatic carbocycles. The summed E-state index contributed by atoms with van der Waals surface area (Å²) in [6, 6.07) is 13.3. The number of rotatable bonds is 5. The van der Waals surface area contributed by atoms with Crippen LogP contribution in [-0.2, 0) is 4.79 Å². The van der Waals surface area contributed by atoms with Crippen LogP contribution in [0.2, 0.25) is 0 Å². The van der Waals surface area contributed by atoms with Gasteiger partial charge in [0.15, 0.2) is 6.61 Å². The van der Waals surface area contributed by atoms with Crippen LogP contribution in [0.5, 0.6) is 5.75 Å². The van der Waals surface area contributed by atoms with E-state index in [1.807, 2.05) is 61.2 Å². The third-order valence-electron chi connectivity index (χ3n) is 5.10. The largest absolute Gasteiger partial charge is 0.484 e. The minimum absolute atomic E-state index is 0.00138. The molecule has 3 rings (SSSR count). The van der Waals surface area contributed by atoms with E-state index in [1.54, 1.807) is 0 Å². The van der Waals surface area contributed by atoms with E-state index in [9.17, 15) is 9.59 Å². The van der Waals surface area contributed by atoms with Crippen molar-refractivity contribution in [2.24, 2.45) is 0 Å². The van der Waals surface area contributed by atoms with Crippen LogP contribution in [0.1, 0.15) is 34.3 Å². The number of piperidine rings is 1. The summed E-state index contributed by atoms with van der Waals surface area (Å²) in [6.45, 7) is 5.32. The molecule has 1 aliphatic rings. The average molecular weight is 445 g/mol. The minimum Gasteiger partial charge on any atom is -0.484 e. The quantitative estimate of drug-likeness (QED) is 0.761. The molecule has 1 N–H and O–H groups in total. The first-order valence-corrected chi connectivity index (χ1v) is 10.3. The number of carbonyl (C=O) groups is 2. The zero-order valence-corrected chi connectivity index (χ0v) is 17.8. The van der Waals surface area contributed by atoms with Crippen molar-refractivity contribution in [3.05, 3.63) is 63.6 Å². The minimum atomic E-state index is -0.131. The van der Waals surface area contributed by atoms with Crippen molar-refractivity contribution in [1.29, 1.82) is 0 Å². The molecule has 0 atom stereocenters.